The maximum absolute atomic E-state index is 12.4. The van der Waals surface area contributed by atoms with Crippen molar-refractivity contribution in [2.75, 3.05) is 25.0 Å². The van der Waals surface area contributed by atoms with Crippen LogP contribution >= 0.6 is 0 Å². The Labute approximate surface area is 138 Å². The fourth-order valence-electron chi connectivity index (χ4n) is 2.86. The maximum Gasteiger partial charge on any atom is 0.410 e. The van der Waals surface area contributed by atoms with Crippen molar-refractivity contribution >= 4 is 12.0 Å². The Morgan fingerprint density at radius 1 is 1.35 bits per heavy atom. The molecule has 1 saturated heterocycles. The van der Waals surface area contributed by atoms with Gasteiger partial charge < -0.3 is 14.5 Å². The molecule has 6 nitrogen and oxygen atoms in total. The van der Waals surface area contributed by atoms with Gasteiger partial charge in [-0.2, -0.15) is 0 Å². The van der Waals surface area contributed by atoms with Crippen LogP contribution in [0.4, 0.5) is 10.7 Å². The van der Waals surface area contributed by atoms with Crippen LogP contribution in [0.2, 0.25) is 0 Å². The summed E-state index contributed by atoms with van der Waals surface area (Å²) in [5, 5.41) is 0. The predicted molar refractivity (Wildman–Crippen MR) is 90.7 cm³/mol. The second-order valence-electron chi connectivity index (χ2n) is 7.30. The van der Waals surface area contributed by atoms with E-state index < -0.39 is 5.60 Å². The molecule has 0 saturated carbocycles. The smallest absolute Gasteiger partial charge is 0.410 e. The number of carbonyl (C=O) groups excluding carboxylic acids is 1. The zero-order chi connectivity index (χ0) is 17.2. The third-order valence-electron chi connectivity index (χ3n) is 3.80. The van der Waals surface area contributed by atoms with Gasteiger partial charge in [-0.1, -0.05) is 0 Å². The molecule has 0 N–H and O–H groups in total. The van der Waals surface area contributed by atoms with Crippen molar-refractivity contribution in [2.24, 2.45) is 0 Å². The minimum absolute atomic E-state index is 0.138. The van der Waals surface area contributed by atoms with Crippen LogP contribution in [0.15, 0.2) is 6.07 Å². The summed E-state index contributed by atoms with van der Waals surface area (Å²) in [5.74, 6) is 0.707. The lowest BCUT2D eigenvalue weighted by Gasteiger charge is -2.31. The van der Waals surface area contributed by atoms with E-state index in [1.807, 2.05) is 57.5 Å². The maximum atomic E-state index is 12.4. The molecule has 2 heterocycles. The van der Waals surface area contributed by atoms with E-state index in [0.29, 0.717) is 12.5 Å². The summed E-state index contributed by atoms with van der Waals surface area (Å²) >= 11 is 0. The van der Waals surface area contributed by atoms with Crippen LogP contribution in [0.1, 0.15) is 45.0 Å². The molecule has 1 aromatic rings. The topological polar surface area (TPSA) is 58.6 Å². The van der Waals surface area contributed by atoms with Crippen LogP contribution < -0.4 is 4.90 Å². The van der Waals surface area contributed by atoms with Crippen molar-refractivity contribution in [1.29, 1.82) is 0 Å². The van der Waals surface area contributed by atoms with E-state index >= 15 is 0 Å². The largest absolute Gasteiger partial charge is 0.444 e. The molecule has 0 aliphatic carbocycles. The monoisotopic (exact) mass is 320 g/mol. The number of hydrogen-bond acceptors (Lipinski definition) is 5. The number of likely N-dealkylation sites (N-methyl/N-ethyl adjacent to an activating group) is 1. The Morgan fingerprint density at radius 2 is 1.96 bits per heavy atom. The Morgan fingerprint density at radius 3 is 2.52 bits per heavy atom. The van der Waals surface area contributed by atoms with Gasteiger partial charge >= 0.3 is 6.09 Å². The van der Waals surface area contributed by atoms with Gasteiger partial charge in [-0.05, 0) is 53.5 Å². The molecule has 0 radical (unpaired) electrons. The summed E-state index contributed by atoms with van der Waals surface area (Å²) in [5.41, 5.74) is 1.44. The highest BCUT2D eigenvalue weighted by Gasteiger charge is 2.33. The van der Waals surface area contributed by atoms with Crippen molar-refractivity contribution in [2.45, 2.75) is 59.1 Å². The van der Waals surface area contributed by atoms with E-state index in [2.05, 4.69) is 9.97 Å². The summed E-state index contributed by atoms with van der Waals surface area (Å²) in [6.07, 6.45) is 1.76. The van der Waals surface area contributed by atoms with Crippen molar-refractivity contribution in [3.05, 3.63) is 17.5 Å². The van der Waals surface area contributed by atoms with Gasteiger partial charge in [0.25, 0.3) is 0 Å². The molecule has 0 unspecified atom stereocenters. The van der Waals surface area contributed by atoms with Crippen LogP contribution in [0.5, 0.6) is 0 Å². The molecule has 0 spiro atoms. The van der Waals surface area contributed by atoms with Crippen LogP contribution in [-0.2, 0) is 4.74 Å². The van der Waals surface area contributed by atoms with Crippen molar-refractivity contribution in [3.63, 3.8) is 0 Å². The zero-order valence-corrected chi connectivity index (χ0v) is 15.1. The first-order valence-electron chi connectivity index (χ1n) is 8.19. The highest BCUT2D eigenvalue weighted by molar-refractivity contribution is 5.69. The second kappa shape index (κ2) is 6.72. The molecular weight excluding hydrogens is 292 g/mol. The van der Waals surface area contributed by atoms with Gasteiger partial charge in [-0.25, -0.2) is 14.8 Å². The fraction of sp³-hybridized carbons (Fsp3) is 0.706. The first-order valence-corrected chi connectivity index (χ1v) is 8.19. The van der Waals surface area contributed by atoms with Gasteiger partial charge in [0.15, 0.2) is 0 Å². The van der Waals surface area contributed by atoms with Crippen molar-refractivity contribution in [1.82, 2.24) is 14.9 Å². The lowest BCUT2D eigenvalue weighted by molar-refractivity contribution is 0.0231. The molecule has 0 bridgehead atoms. The SMILES string of the molecule is Cc1cc(C)nc(N(C)C[C@H]2CCCN2C(=O)OC(C)(C)C)n1. The molecule has 128 valence electrons. The van der Waals surface area contributed by atoms with Gasteiger partial charge in [0.1, 0.15) is 5.60 Å². The molecule has 1 aliphatic heterocycles. The van der Waals surface area contributed by atoms with E-state index in [0.717, 1.165) is 30.8 Å². The van der Waals surface area contributed by atoms with E-state index in [1.165, 1.54) is 0 Å². The van der Waals surface area contributed by atoms with Crippen LogP contribution in [0.3, 0.4) is 0 Å². The van der Waals surface area contributed by atoms with Gasteiger partial charge in [0.2, 0.25) is 5.95 Å². The van der Waals surface area contributed by atoms with Crippen LogP contribution in [0.25, 0.3) is 0 Å². The first kappa shape index (κ1) is 17.5. The molecule has 1 fully saturated rings. The Hall–Kier alpha value is -1.85. The van der Waals surface area contributed by atoms with Gasteiger partial charge in [0.05, 0.1) is 6.04 Å². The Bertz CT molecular complexity index is 548. The summed E-state index contributed by atoms with van der Waals surface area (Å²) in [4.78, 5) is 25.2. The number of hydrogen-bond donors (Lipinski definition) is 0. The predicted octanol–water partition coefficient (Wildman–Crippen LogP) is 2.93. The quantitative estimate of drug-likeness (QED) is 0.857. The highest BCUT2D eigenvalue weighted by atomic mass is 16.6. The standard InChI is InChI=1S/C17H28N4O2/c1-12-10-13(2)19-15(18-12)20(6)11-14-8-7-9-21(14)16(22)23-17(3,4)5/h10,14H,7-9,11H2,1-6H3/t14-/m1/s1. The number of anilines is 1. The Balaban J connectivity index is 2.04. The summed E-state index contributed by atoms with van der Waals surface area (Å²) < 4.78 is 5.51. The summed E-state index contributed by atoms with van der Waals surface area (Å²) in [6, 6.07) is 2.10. The number of carbonyl (C=O) groups is 1. The number of aryl methyl sites for hydroxylation is 2. The molecule has 23 heavy (non-hydrogen) atoms. The summed E-state index contributed by atoms with van der Waals surface area (Å²) in [6.45, 7) is 11.1. The molecule has 2 rings (SSSR count). The van der Waals surface area contributed by atoms with Crippen LogP contribution in [0, 0.1) is 13.8 Å². The Kier molecular flexibility index (Phi) is 5.12. The number of amides is 1. The molecule has 1 atom stereocenters. The number of likely N-dealkylation sites (tertiary alicyclic amines) is 1. The zero-order valence-electron chi connectivity index (χ0n) is 15.1. The van der Waals surface area contributed by atoms with Crippen molar-refractivity contribution < 1.29 is 9.53 Å². The van der Waals surface area contributed by atoms with Gasteiger partial charge in [-0.3, -0.25) is 0 Å². The van der Waals surface area contributed by atoms with Gasteiger partial charge in [0, 0.05) is 31.5 Å². The molecule has 0 aromatic carbocycles. The van der Waals surface area contributed by atoms with Crippen molar-refractivity contribution in [3.8, 4) is 0 Å². The fourth-order valence-corrected chi connectivity index (χ4v) is 2.86. The van der Waals surface area contributed by atoms with E-state index in [4.69, 9.17) is 4.74 Å². The first-order chi connectivity index (χ1) is 10.7. The number of rotatable bonds is 3. The highest BCUT2D eigenvalue weighted by Crippen LogP contribution is 2.22. The minimum atomic E-state index is -0.465. The van der Waals surface area contributed by atoms with E-state index in [9.17, 15) is 4.79 Å². The molecule has 6 heteroatoms. The summed E-state index contributed by atoms with van der Waals surface area (Å²) in [7, 11) is 1.97. The molecule has 1 aliphatic rings. The average molecular weight is 320 g/mol. The lowest BCUT2D eigenvalue weighted by atomic mass is 10.2. The number of aromatic nitrogens is 2. The second-order valence-corrected chi connectivity index (χ2v) is 7.30. The number of ether oxygens (including phenoxy) is 1. The molecular formula is C17H28N4O2. The third kappa shape index (κ3) is 4.81. The normalized spacial score (nSPS) is 18.2. The number of nitrogens with zero attached hydrogens (tertiary/aromatic N) is 4. The third-order valence-corrected chi connectivity index (χ3v) is 3.80. The van der Waals surface area contributed by atoms with E-state index in [1.54, 1.807) is 0 Å². The molecule has 1 amide bonds. The van der Waals surface area contributed by atoms with Gasteiger partial charge in [-0.15, -0.1) is 0 Å². The lowest BCUT2D eigenvalue weighted by Crippen LogP contribution is -2.44. The average Bonchev–Trinajstić information content (AvgIpc) is 2.83. The molecule has 1 aromatic heterocycles. The van der Waals surface area contributed by atoms with Crippen LogP contribution in [-0.4, -0.2) is 52.7 Å². The minimum Gasteiger partial charge on any atom is -0.444 e. The van der Waals surface area contributed by atoms with E-state index in [-0.39, 0.29) is 12.1 Å².